The normalized spacial score (nSPS) is 19.2. The molecule has 1 fully saturated rings. The third-order valence-electron chi connectivity index (χ3n) is 2.73. The van der Waals surface area contributed by atoms with Crippen molar-refractivity contribution in [2.45, 2.75) is 25.2 Å². The number of rotatable bonds is 2. The summed E-state index contributed by atoms with van der Waals surface area (Å²) in [6.45, 7) is 2.27. The molecule has 1 N–H and O–H groups in total. The van der Waals surface area contributed by atoms with Gasteiger partial charge in [-0.3, -0.25) is 4.98 Å². The molecule has 0 unspecified atom stereocenters. The first-order chi connectivity index (χ1) is 5.78. The van der Waals surface area contributed by atoms with Crippen LogP contribution < -0.4 is 0 Å². The molecule has 1 aromatic rings. The van der Waals surface area contributed by atoms with Crippen LogP contribution in [0.25, 0.3) is 0 Å². The molecule has 1 heterocycles. The summed E-state index contributed by atoms with van der Waals surface area (Å²) in [6.07, 6.45) is 4.01. The Balaban J connectivity index is 2.40. The summed E-state index contributed by atoms with van der Waals surface area (Å²) in [7, 11) is 0. The van der Waals surface area contributed by atoms with Gasteiger partial charge in [-0.25, -0.2) is 0 Å². The summed E-state index contributed by atoms with van der Waals surface area (Å²) < 4.78 is 0. The number of pyridine rings is 1. The third kappa shape index (κ3) is 1.03. The Morgan fingerprint density at radius 1 is 1.58 bits per heavy atom. The zero-order chi connectivity index (χ0) is 8.60. The lowest BCUT2D eigenvalue weighted by Crippen LogP contribution is -2.13. The Bertz CT molecular complexity index is 292. The smallest absolute Gasteiger partial charge is 0.0528 e. The highest BCUT2D eigenvalue weighted by molar-refractivity contribution is 5.33. The first-order valence-electron chi connectivity index (χ1n) is 4.31. The molecule has 2 nitrogen and oxygen atoms in total. The Kier molecular flexibility index (Phi) is 1.65. The molecule has 0 aliphatic heterocycles. The lowest BCUT2D eigenvalue weighted by Gasteiger charge is -2.13. The molecule has 1 aliphatic rings. The highest BCUT2D eigenvalue weighted by Gasteiger charge is 2.44. The van der Waals surface area contributed by atoms with Crippen LogP contribution in [0.2, 0.25) is 0 Å². The Hall–Kier alpha value is -0.890. The molecule has 0 radical (unpaired) electrons. The van der Waals surface area contributed by atoms with Gasteiger partial charge in [0, 0.05) is 17.3 Å². The van der Waals surface area contributed by atoms with Crippen molar-refractivity contribution in [3.8, 4) is 0 Å². The Labute approximate surface area is 72.3 Å². The second-order valence-electron chi connectivity index (χ2n) is 3.57. The van der Waals surface area contributed by atoms with Gasteiger partial charge in [0.25, 0.3) is 0 Å². The van der Waals surface area contributed by atoms with Crippen LogP contribution in [0.15, 0.2) is 18.3 Å². The van der Waals surface area contributed by atoms with Gasteiger partial charge in [-0.2, -0.15) is 0 Å². The number of aliphatic hydroxyl groups is 1. The molecule has 2 rings (SSSR count). The van der Waals surface area contributed by atoms with E-state index in [4.69, 9.17) is 0 Å². The van der Waals surface area contributed by atoms with E-state index in [9.17, 15) is 5.11 Å². The molecular weight excluding hydrogens is 150 g/mol. The lowest BCUT2D eigenvalue weighted by atomic mass is 9.96. The van der Waals surface area contributed by atoms with Gasteiger partial charge in [-0.05, 0) is 31.4 Å². The minimum Gasteiger partial charge on any atom is -0.395 e. The fraction of sp³-hybridized carbons (Fsp3) is 0.500. The molecule has 0 spiro atoms. The van der Waals surface area contributed by atoms with Crippen molar-refractivity contribution in [3.63, 3.8) is 0 Å². The molecule has 12 heavy (non-hydrogen) atoms. The molecule has 1 aromatic heterocycles. The fourth-order valence-electron chi connectivity index (χ4n) is 1.71. The molecule has 1 aliphatic carbocycles. The summed E-state index contributed by atoms with van der Waals surface area (Å²) in [6, 6.07) is 4.02. The van der Waals surface area contributed by atoms with Gasteiger partial charge in [0.2, 0.25) is 0 Å². The van der Waals surface area contributed by atoms with E-state index < -0.39 is 0 Å². The average Bonchev–Trinajstić information content (AvgIpc) is 2.86. The van der Waals surface area contributed by atoms with Crippen LogP contribution in [0, 0.1) is 6.92 Å². The second-order valence-corrected chi connectivity index (χ2v) is 3.57. The molecule has 64 valence electrons. The van der Waals surface area contributed by atoms with Gasteiger partial charge in [-0.15, -0.1) is 0 Å². The fourth-order valence-corrected chi connectivity index (χ4v) is 1.71. The minimum absolute atomic E-state index is 0.0678. The standard InChI is InChI=1S/C10H13NO/c1-8-9(3-2-6-11-8)10(7-12)4-5-10/h2-3,6,12H,4-5,7H2,1H3. The molecule has 0 bridgehead atoms. The van der Waals surface area contributed by atoms with Crippen LogP contribution in [0.5, 0.6) is 0 Å². The van der Waals surface area contributed by atoms with Crippen LogP contribution in [0.4, 0.5) is 0 Å². The highest BCUT2D eigenvalue weighted by atomic mass is 16.3. The number of nitrogens with zero attached hydrogens (tertiary/aromatic N) is 1. The topological polar surface area (TPSA) is 33.1 Å². The van der Waals surface area contributed by atoms with E-state index in [1.165, 1.54) is 5.56 Å². The Morgan fingerprint density at radius 2 is 2.33 bits per heavy atom. The van der Waals surface area contributed by atoms with Crippen molar-refractivity contribution >= 4 is 0 Å². The van der Waals surface area contributed by atoms with Gasteiger partial charge >= 0.3 is 0 Å². The molecule has 1 saturated carbocycles. The van der Waals surface area contributed by atoms with Gasteiger partial charge in [0.05, 0.1) is 6.61 Å². The molecule has 0 atom stereocenters. The molecule has 0 aromatic carbocycles. The number of aryl methyl sites for hydroxylation is 1. The van der Waals surface area contributed by atoms with Crippen molar-refractivity contribution in [2.24, 2.45) is 0 Å². The maximum atomic E-state index is 9.21. The van der Waals surface area contributed by atoms with E-state index in [2.05, 4.69) is 11.1 Å². The molecular formula is C10H13NO. The van der Waals surface area contributed by atoms with Crippen LogP contribution in [-0.4, -0.2) is 16.7 Å². The number of aliphatic hydroxyl groups excluding tert-OH is 1. The van der Waals surface area contributed by atoms with E-state index >= 15 is 0 Å². The second kappa shape index (κ2) is 2.56. The van der Waals surface area contributed by atoms with E-state index in [-0.39, 0.29) is 12.0 Å². The van der Waals surface area contributed by atoms with E-state index in [0.717, 1.165) is 18.5 Å². The summed E-state index contributed by atoms with van der Waals surface area (Å²) in [5.41, 5.74) is 2.36. The van der Waals surface area contributed by atoms with Crippen LogP contribution >= 0.6 is 0 Å². The molecule has 0 saturated heterocycles. The van der Waals surface area contributed by atoms with Gasteiger partial charge in [0.15, 0.2) is 0 Å². The summed E-state index contributed by atoms with van der Waals surface area (Å²) in [4.78, 5) is 4.22. The zero-order valence-corrected chi connectivity index (χ0v) is 7.25. The third-order valence-corrected chi connectivity index (χ3v) is 2.73. The number of hydrogen-bond donors (Lipinski definition) is 1. The predicted octanol–water partition coefficient (Wildman–Crippen LogP) is 1.41. The summed E-state index contributed by atoms with van der Waals surface area (Å²) >= 11 is 0. The maximum Gasteiger partial charge on any atom is 0.0528 e. The van der Waals surface area contributed by atoms with Gasteiger partial charge in [0.1, 0.15) is 0 Å². The maximum absolute atomic E-state index is 9.21. The van der Waals surface area contributed by atoms with E-state index in [1.807, 2.05) is 13.0 Å². The molecule has 2 heteroatoms. The van der Waals surface area contributed by atoms with Crippen LogP contribution in [0.3, 0.4) is 0 Å². The van der Waals surface area contributed by atoms with E-state index in [1.54, 1.807) is 6.20 Å². The zero-order valence-electron chi connectivity index (χ0n) is 7.25. The lowest BCUT2D eigenvalue weighted by molar-refractivity contribution is 0.254. The van der Waals surface area contributed by atoms with Crippen LogP contribution in [-0.2, 0) is 5.41 Å². The van der Waals surface area contributed by atoms with E-state index in [0.29, 0.717) is 0 Å². The minimum atomic E-state index is 0.0678. The predicted molar refractivity (Wildman–Crippen MR) is 47.0 cm³/mol. The van der Waals surface area contributed by atoms with Crippen LogP contribution in [0.1, 0.15) is 24.1 Å². The van der Waals surface area contributed by atoms with Crippen molar-refractivity contribution in [1.29, 1.82) is 0 Å². The van der Waals surface area contributed by atoms with Crippen molar-refractivity contribution < 1.29 is 5.11 Å². The highest BCUT2D eigenvalue weighted by Crippen LogP contribution is 2.48. The number of aromatic nitrogens is 1. The largest absolute Gasteiger partial charge is 0.395 e. The summed E-state index contributed by atoms with van der Waals surface area (Å²) in [5, 5.41) is 9.21. The van der Waals surface area contributed by atoms with Gasteiger partial charge < -0.3 is 5.11 Å². The first kappa shape index (κ1) is 7.74. The quantitative estimate of drug-likeness (QED) is 0.715. The molecule has 0 amide bonds. The van der Waals surface area contributed by atoms with Crippen molar-refractivity contribution in [2.75, 3.05) is 6.61 Å². The average molecular weight is 163 g/mol. The monoisotopic (exact) mass is 163 g/mol. The van der Waals surface area contributed by atoms with Crippen molar-refractivity contribution in [3.05, 3.63) is 29.6 Å². The van der Waals surface area contributed by atoms with Gasteiger partial charge in [-0.1, -0.05) is 6.07 Å². The number of hydrogen-bond acceptors (Lipinski definition) is 2. The first-order valence-corrected chi connectivity index (χ1v) is 4.31. The summed E-state index contributed by atoms with van der Waals surface area (Å²) in [5.74, 6) is 0. The van der Waals surface area contributed by atoms with Crippen molar-refractivity contribution in [1.82, 2.24) is 4.98 Å². The Morgan fingerprint density at radius 3 is 2.83 bits per heavy atom. The SMILES string of the molecule is Cc1ncccc1C1(CO)CC1.